The number of nitrogens with zero attached hydrogens (tertiary/aromatic N) is 1. The molecule has 0 bridgehead atoms. The van der Waals surface area contributed by atoms with Gasteiger partial charge in [0.2, 0.25) is 0 Å². The van der Waals surface area contributed by atoms with Crippen molar-refractivity contribution in [3.63, 3.8) is 0 Å². The number of carbonyl (C=O) groups is 1. The fraction of sp³-hybridized carbons (Fsp3) is 0.500. The number of piperidine rings is 1. The number of halogens is 1. The van der Waals surface area contributed by atoms with Gasteiger partial charge < -0.3 is 4.90 Å². The lowest BCUT2D eigenvalue weighted by Crippen LogP contribution is -2.38. The van der Waals surface area contributed by atoms with Gasteiger partial charge in [0, 0.05) is 24.0 Å². The molecule has 1 heterocycles. The lowest BCUT2D eigenvalue weighted by Gasteiger charge is -2.29. The predicted octanol–water partition coefficient (Wildman–Crippen LogP) is 3.09. The molecule has 2 rings (SSSR count). The molecule has 0 unspecified atom stereocenters. The number of aryl methyl sites for hydroxylation is 1. The minimum absolute atomic E-state index is 0.135. The van der Waals surface area contributed by atoms with E-state index in [1.165, 1.54) is 5.56 Å². The molecule has 0 saturated carbocycles. The van der Waals surface area contributed by atoms with Gasteiger partial charge in [-0.1, -0.05) is 19.1 Å². The standard InChI is InChI=1S/C14H18ClNO/c1-2-11-3-5-12(6-4-11)14(17)16-9-7-13(15)8-10-16/h3-6,13H,2,7-10H2,1H3. The van der Waals surface area contributed by atoms with Crippen molar-refractivity contribution in [2.24, 2.45) is 0 Å². The SMILES string of the molecule is CCc1ccc(C(=O)N2CCC(Cl)CC2)cc1. The van der Waals surface area contributed by atoms with Crippen molar-refractivity contribution >= 4 is 17.5 Å². The molecule has 92 valence electrons. The van der Waals surface area contributed by atoms with E-state index in [2.05, 4.69) is 6.92 Å². The van der Waals surface area contributed by atoms with E-state index in [-0.39, 0.29) is 11.3 Å². The molecule has 1 fully saturated rings. The van der Waals surface area contributed by atoms with Crippen LogP contribution in [0.25, 0.3) is 0 Å². The van der Waals surface area contributed by atoms with E-state index in [0.717, 1.165) is 37.9 Å². The molecule has 0 aliphatic carbocycles. The Morgan fingerprint density at radius 1 is 1.29 bits per heavy atom. The molecule has 17 heavy (non-hydrogen) atoms. The van der Waals surface area contributed by atoms with Crippen molar-refractivity contribution in [3.8, 4) is 0 Å². The summed E-state index contributed by atoms with van der Waals surface area (Å²) in [5.74, 6) is 0.135. The maximum absolute atomic E-state index is 12.2. The van der Waals surface area contributed by atoms with E-state index < -0.39 is 0 Å². The maximum Gasteiger partial charge on any atom is 0.253 e. The highest BCUT2D eigenvalue weighted by Crippen LogP contribution is 2.18. The van der Waals surface area contributed by atoms with Crippen LogP contribution in [0.2, 0.25) is 0 Å². The van der Waals surface area contributed by atoms with Crippen LogP contribution in [0, 0.1) is 0 Å². The molecule has 0 atom stereocenters. The Morgan fingerprint density at radius 2 is 1.88 bits per heavy atom. The Balaban J connectivity index is 2.03. The molecule has 1 saturated heterocycles. The smallest absolute Gasteiger partial charge is 0.253 e. The Kier molecular flexibility index (Phi) is 4.06. The number of carbonyl (C=O) groups excluding carboxylic acids is 1. The van der Waals surface area contributed by atoms with E-state index in [1.807, 2.05) is 29.2 Å². The largest absolute Gasteiger partial charge is 0.339 e. The molecule has 3 heteroatoms. The first-order valence-corrected chi connectivity index (χ1v) is 6.66. The van der Waals surface area contributed by atoms with Crippen LogP contribution in [0.15, 0.2) is 24.3 Å². The van der Waals surface area contributed by atoms with Crippen molar-refractivity contribution in [2.75, 3.05) is 13.1 Å². The van der Waals surface area contributed by atoms with Gasteiger partial charge >= 0.3 is 0 Å². The number of hydrogen-bond donors (Lipinski definition) is 0. The fourth-order valence-electron chi connectivity index (χ4n) is 2.12. The zero-order valence-electron chi connectivity index (χ0n) is 10.2. The molecule has 0 N–H and O–H groups in total. The van der Waals surface area contributed by atoms with Crippen LogP contribution < -0.4 is 0 Å². The second kappa shape index (κ2) is 5.54. The van der Waals surface area contributed by atoms with Gasteiger partial charge in [0.25, 0.3) is 5.91 Å². The maximum atomic E-state index is 12.2. The lowest BCUT2D eigenvalue weighted by atomic mass is 10.1. The zero-order valence-corrected chi connectivity index (χ0v) is 10.9. The Bertz CT molecular complexity index is 380. The highest BCUT2D eigenvalue weighted by molar-refractivity contribution is 6.20. The minimum Gasteiger partial charge on any atom is -0.339 e. The van der Waals surface area contributed by atoms with Gasteiger partial charge in [-0.25, -0.2) is 0 Å². The number of amides is 1. The molecular weight excluding hydrogens is 234 g/mol. The third kappa shape index (κ3) is 3.01. The predicted molar refractivity (Wildman–Crippen MR) is 70.6 cm³/mol. The van der Waals surface area contributed by atoms with Crippen LogP contribution >= 0.6 is 11.6 Å². The van der Waals surface area contributed by atoms with Gasteiger partial charge in [-0.3, -0.25) is 4.79 Å². The summed E-state index contributed by atoms with van der Waals surface area (Å²) in [6, 6.07) is 7.91. The first-order chi connectivity index (χ1) is 8.20. The van der Waals surface area contributed by atoms with Crippen molar-refractivity contribution in [1.29, 1.82) is 0 Å². The number of rotatable bonds is 2. The van der Waals surface area contributed by atoms with Crippen LogP contribution in [-0.2, 0) is 6.42 Å². The third-order valence-electron chi connectivity index (χ3n) is 3.32. The first kappa shape index (κ1) is 12.4. The van der Waals surface area contributed by atoms with Crippen molar-refractivity contribution < 1.29 is 4.79 Å². The van der Waals surface area contributed by atoms with Gasteiger partial charge in [-0.05, 0) is 37.0 Å². The molecule has 0 spiro atoms. The topological polar surface area (TPSA) is 20.3 Å². The van der Waals surface area contributed by atoms with E-state index in [4.69, 9.17) is 11.6 Å². The summed E-state index contributed by atoms with van der Waals surface area (Å²) in [6.07, 6.45) is 2.81. The van der Waals surface area contributed by atoms with Crippen LogP contribution in [0.3, 0.4) is 0 Å². The number of alkyl halides is 1. The van der Waals surface area contributed by atoms with Crippen LogP contribution in [0.4, 0.5) is 0 Å². The monoisotopic (exact) mass is 251 g/mol. The average molecular weight is 252 g/mol. The average Bonchev–Trinajstić information content (AvgIpc) is 2.39. The summed E-state index contributed by atoms with van der Waals surface area (Å²) in [7, 11) is 0. The van der Waals surface area contributed by atoms with Gasteiger partial charge in [-0.2, -0.15) is 0 Å². The fourth-order valence-corrected chi connectivity index (χ4v) is 2.31. The minimum atomic E-state index is 0.135. The summed E-state index contributed by atoms with van der Waals surface area (Å²) in [6.45, 7) is 3.67. The molecule has 1 aromatic rings. The Labute approximate surface area is 108 Å². The summed E-state index contributed by atoms with van der Waals surface area (Å²) in [4.78, 5) is 14.1. The second-order valence-corrected chi connectivity index (χ2v) is 5.13. The zero-order chi connectivity index (χ0) is 12.3. The number of benzene rings is 1. The summed E-state index contributed by atoms with van der Waals surface area (Å²) in [5.41, 5.74) is 2.05. The van der Waals surface area contributed by atoms with Crippen LogP contribution in [0.5, 0.6) is 0 Å². The lowest BCUT2D eigenvalue weighted by molar-refractivity contribution is 0.0726. The van der Waals surface area contributed by atoms with Crippen molar-refractivity contribution in [2.45, 2.75) is 31.6 Å². The Morgan fingerprint density at radius 3 is 2.41 bits per heavy atom. The summed E-state index contributed by atoms with van der Waals surface area (Å²) >= 11 is 6.03. The second-order valence-electron chi connectivity index (χ2n) is 4.52. The first-order valence-electron chi connectivity index (χ1n) is 6.23. The van der Waals surface area contributed by atoms with Crippen molar-refractivity contribution in [1.82, 2.24) is 4.90 Å². The van der Waals surface area contributed by atoms with E-state index in [9.17, 15) is 4.79 Å². The highest BCUT2D eigenvalue weighted by atomic mass is 35.5. The van der Waals surface area contributed by atoms with E-state index in [1.54, 1.807) is 0 Å². The number of hydrogen-bond acceptors (Lipinski definition) is 1. The van der Waals surface area contributed by atoms with Gasteiger partial charge in [0.15, 0.2) is 0 Å². The van der Waals surface area contributed by atoms with Gasteiger partial charge in [0.05, 0.1) is 0 Å². The van der Waals surface area contributed by atoms with Crippen LogP contribution in [-0.4, -0.2) is 29.3 Å². The molecule has 1 amide bonds. The molecule has 1 aromatic carbocycles. The van der Waals surface area contributed by atoms with Crippen molar-refractivity contribution in [3.05, 3.63) is 35.4 Å². The van der Waals surface area contributed by atoms with E-state index >= 15 is 0 Å². The van der Waals surface area contributed by atoms with Crippen LogP contribution in [0.1, 0.15) is 35.7 Å². The van der Waals surface area contributed by atoms with Gasteiger partial charge in [-0.15, -0.1) is 11.6 Å². The normalized spacial score (nSPS) is 17.2. The molecule has 1 aliphatic heterocycles. The molecule has 1 aliphatic rings. The van der Waals surface area contributed by atoms with E-state index in [0.29, 0.717) is 0 Å². The Hall–Kier alpha value is -1.02. The highest BCUT2D eigenvalue weighted by Gasteiger charge is 2.22. The quantitative estimate of drug-likeness (QED) is 0.740. The molecular formula is C14H18ClNO. The molecule has 2 nitrogen and oxygen atoms in total. The molecule has 0 radical (unpaired) electrons. The summed E-state index contributed by atoms with van der Waals surface area (Å²) < 4.78 is 0. The molecule has 0 aromatic heterocycles. The third-order valence-corrected chi connectivity index (χ3v) is 3.76. The summed E-state index contributed by atoms with van der Waals surface area (Å²) in [5, 5.41) is 0.238. The van der Waals surface area contributed by atoms with Gasteiger partial charge in [0.1, 0.15) is 0 Å². The number of likely N-dealkylation sites (tertiary alicyclic amines) is 1.